The molecule has 2 aromatic carbocycles. The number of benzene rings is 2. The molecule has 2 N–H and O–H groups in total. The summed E-state index contributed by atoms with van der Waals surface area (Å²) in [4.78, 5) is 14.4. The van der Waals surface area contributed by atoms with Gasteiger partial charge in [0.2, 0.25) is 0 Å². The molecule has 1 saturated heterocycles. The van der Waals surface area contributed by atoms with Crippen LogP contribution in [-0.2, 0) is 0 Å². The molecule has 27 heavy (non-hydrogen) atoms. The predicted octanol–water partition coefficient (Wildman–Crippen LogP) is 3.14. The fraction of sp³-hybridized carbons (Fsp3) is 0.316. The number of anilines is 1. The van der Waals surface area contributed by atoms with E-state index in [1.165, 1.54) is 12.1 Å². The van der Waals surface area contributed by atoms with Crippen molar-refractivity contribution in [2.45, 2.75) is 6.04 Å². The molecular weight excluding hydrogens is 373 g/mol. The molecule has 1 unspecified atom stereocenters. The van der Waals surface area contributed by atoms with Gasteiger partial charge >= 0.3 is 6.03 Å². The van der Waals surface area contributed by atoms with E-state index < -0.39 is 0 Å². The lowest BCUT2D eigenvalue weighted by Crippen LogP contribution is -2.57. The molecule has 1 aliphatic rings. The molecule has 1 aliphatic heterocycles. The second kappa shape index (κ2) is 9.99. The Morgan fingerprint density at radius 2 is 2.04 bits per heavy atom. The number of carbonyl (C=O) groups is 1. The van der Waals surface area contributed by atoms with Gasteiger partial charge in [0.1, 0.15) is 23.9 Å². The monoisotopic (exact) mass is 395 g/mol. The minimum Gasteiger partial charge on any atom is -0.497 e. The molecule has 0 saturated carbocycles. The van der Waals surface area contributed by atoms with E-state index in [2.05, 4.69) is 10.6 Å². The molecule has 1 heterocycles. The van der Waals surface area contributed by atoms with Gasteiger partial charge in [-0.2, -0.15) is 0 Å². The third-order valence-electron chi connectivity index (χ3n) is 4.19. The van der Waals surface area contributed by atoms with E-state index in [-0.39, 0.29) is 36.9 Å². The van der Waals surface area contributed by atoms with Crippen molar-refractivity contribution >= 4 is 24.1 Å². The summed E-state index contributed by atoms with van der Waals surface area (Å²) >= 11 is 0. The standard InChI is InChI=1S/C19H22FN3O3.ClH/c1-25-17-7-5-15(6-8-17)22-19(24)23-10-9-21-12-16(23)13-26-18-4-2-3-14(20)11-18;/h2-8,11,16,21H,9-10,12-13H2,1H3,(H,22,24);1H. The Labute approximate surface area is 164 Å². The number of hydrogen-bond acceptors (Lipinski definition) is 4. The summed E-state index contributed by atoms with van der Waals surface area (Å²) in [5, 5.41) is 6.14. The van der Waals surface area contributed by atoms with E-state index in [1.807, 2.05) is 0 Å². The summed E-state index contributed by atoms with van der Waals surface area (Å²) in [5.74, 6) is 0.830. The Bertz CT molecular complexity index is 745. The van der Waals surface area contributed by atoms with Gasteiger partial charge in [-0.3, -0.25) is 0 Å². The predicted molar refractivity (Wildman–Crippen MR) is 105 cm³/mol. The van der Waals surface area contributed by atoms with E-state index in [1.54, 1.807) is 48.4 Å². The average Bonchev–Trinajstić information content (AvgIpc) is 2.67. The maximum Gasteiger partial charge on any atom is 0.322 e. The van der Waals surface area contributed by atoms with Crippen LogP contribution in [0.5, 0.6) is 11.5 Å². The highest BCUT2D eigenvalue weighted by atomic mass is 35.5. The highest BCUT2D eigenvalue weighted by molar-refractivity contribution is 5.89. The van der Waals surface area contributed by atoms with Gasteiger partial charge in [-0.25, -0.2) is 9.18 Å². The maximum atomic E-state index is 13.3. The minimum absolute atomic E-state index is 0. The fourth-order valence-corrected chi connectivity index (χ4v) is 2.80. The molecule has 2 amide bonds. The second-order valence-electron chi connectivity index (χ2n) is 5.98. The first kappa shape index (κ1) is 20.8. The first-order chi connectivity index (χ1) is 12.7. The molecule has 0 bridgehead atoms. The number of ether oxygens (including phenoxy) is 2. The van der Waals surface area contributed by atoms with Crippen molar-refractivity contribution in [3.05, 3.63) is 54.3 Å². The lowest BCUT2D eigenvalue weighted by molar-refractivity contribution is 0.133. The number of amides is 2. The van der Waals surface area contributed by atoms with Gasteiger partial charge in [0.05, 0.1) is 13.2 Å². The van der Waals surface area contributed by atoms with Crippen LogP contribution >= 0.6 is 12.4 Å². The van der Waals surface area contributed by atoms with Gasteiger partial charge in [-0.05, 0) is 36.4 Å². The maximum absolute atomic E-state index is 13.3. The van der Waals surface area contributed by atoms with Crippen molar-refractivity contribution < 1.29 is 18.7 Å². The Balaban J connectivity index is 0.00000261. The van der Waals surface area contributed by atoms with Crippen LogP contribution < -0.4 is 20.1 Å². The number of hydrogen-bond donors (Lipinski definition) is 2. The Hall–Kier alpha value is -2.51. The van der Waals surface area contributed by atoms with Gasteiger partial charge < -0.3 is 25.0 Å². The largest absolute Gasteiger partial charge is 0.497 e. The Morgan fingerprint density at radius 1 is 1.26 bits per heavy atom. The first-order valence-corrected chi connectivity index (χ1v) is 8.46. The fourth-order valence-electron chi connectivity index (χ4n) is 2.80. The molecule has 2 aromatic rings. The summed E-state index contributed by atoms with van der Waals surface area (Å²) in [6.45, 7) is 2.18. The normalized spacial score (nSPS) is 16.2. The number of carbonyl (C=O) groups excluding carboxylic acids is 1. The van der Waals surface area contributed by atoms with Gasteiger partial charge in [0.15, 0.2) is 0 Å². The zero-order chi connectivity index (χ0) is 18.4. The highest BCUT2D eigenvalue weighted by Gasteiger charge is 2.27. The SMILES string of the molecule is COc1ccc(NC(=O)N2CCNCC2COc2cccc(F)c2)cc1.Cl. The van der Waals surface area contributed by atoms with Gasteiger partial charge in [-0.1, -0.05) is 6.07 Å². The third-order valence-corrected chi connectivity index (χ3v) is 4.19. The van der Waals surface area contributed by atoms with Gasteiger partial charge in [0, 0.05) is 31.4 Å². The number of urea groups is 1. The summed E-state index contributed by atoms with van der Waals surface area (Å²) in [6, 6.07) is 12.8. The number of nitrogens with one attached hydrogen (secondary N) is 2. The number of piperazine rings is 1. The minimum atomic E-state index is -0.349. The highest BCUT2D eigenvalue weighted by Crippen LogP contribution is 2.17. The number of methoxy groups -OCH3 is 1. The zero-order valence-corrected chi connectivity index (χ0v) is 15.8. The molecule has 1 fully saturated rings. The Morgan fingerprint density at radius 3 is 2.74 bits per heavy atom. The van der Waals surface area contributed by atoms with Crippen molar-refractivity contribution in [1.82, 2.24) is 10.2 Å². The second-order valence-corrected chi connectivity index (χ2v) is 5.98. The third kappa shape index (κ3) is 5.74. The zero-order valence-electron chi connectivity index (χ0n) is 15.0. The van der Waals surface area contributed by atoms with Crippen LogP contribution in [0.3, 0.4) is 0 Å². The van der Waals surface area contributed by atoms with E-state index in [4.69, 9.17) is 9.47 Å². The van der Waals surface area contributed by atoms with Crippen molar-refractivity contribution in [3.63, 3.8) is 0 Å². The van der Waals surface area contributed by atoms with Crippen molar-refractivity contribution in [3.8, 4) is 11.5 Å². The van der Waals surface area contributed by atoms with Crippen LogP contribution in [0.1, 0.15) is 0 Å². The summed E-state index contributed by atoms with van der Waals surface area (Å²) in [7, 11) is 1.59. The van der Waals surface area contributed by atoms with Crippen LogP contribution in [-0.4, -0.2) is 50.3 Å². The van der Waals surface area contributed by atoms with Crippen LogP contribution in [0.4, 0.5) is 14.9 Å². The molecule has 6 nitrogen and oxygen atoms in total. The number of nitrogens with zero attached hydrogens (tertiary/aromatic N) is 1. The summed E-state index contributed by atoms with van der Waals surface area (Å²) in [6.07, 6.45) is 0. The van der Waals surface area contributed by atoms with E-state index in [0.717, 1.165) is 5.75 Å². The molecule has 0 spiro atoms. The van der Waals surface area contributed by atoms with E-state index >= 15 is 0 Å². The summed E-state index contributed by atoms with van der Waals surface area (Å²) in [5.41, 5.74) is 0.694. The quantitative estimate of drug-likeness (QED) is 0.816. The molecule has 8 heteroatoms. The average molecular weight is 396 g/mol. The smallest absolute Gasteiger partial charge is 0.322 e. The molecule has 1 atom stereocenters. The molecule has 0 radical (unpaired) electrons. The van der Waals surface area contributed by atoms with Crippen LogP contribution in [0.15, 0.2) is 48.5 Å². The van der Waals surface area contributed by atoms with E-state index in [9.17, 15) is 9.18 Å². The van der Waals surface area contributed by atoms with Crippen LogP contribution in [0, 0.1) is 5.82 Å². The van der Waals surface area contributed by atoms with Gasteiger partial charge in [-0.15, -0.1) is 12.4 Å². The molecule has 0 aromatic heterocycles. The van der Waals surface area contributed by atoms with Gasteiger partial charge in [0.25, 0.3) is 0 Å². The number of rotatable bonds is 5. The molecule has 0 aliphatic carbocycles. The lowest BCUT2D eigenvalue weighted by atomic mass is 10.2. The molecule has 3 rings (SSSR count). The van der Waals surface area contributed by atoms with Crippen molar-refractivity contribution in [2.75, 3.05) is 38.7 Å². The van der Waals surface area contributed by atoms with Crippen LogP contribution in [0.2, 0.25) is 0 Å². The van der Waals surface area contributed by atoms with Crippen molar-refractivity contribution in [2.24, 2.45) is 0 Å². The Kier molecular flexibility index (Phi) is 7.69. The van der Waals surface area contributed by atoms with E-state index in [0.29, 0.717) is 31.1 Å². The topological polar surface area (TPSA) is 62.8 Å². The molecular formula is C19H23ClFN3O3. The van der Waals surface area contributed by atoms with Crippen molar-refractivity contribution in [1.29, 1.82) is 0 Å². The lowest BCUT2D eigenvalue weighted by Gasteiger charge is -2.36. The first-order valence-electron chi connectivity index (χ1n) is 8.46. The molecule has 146 valence electrons. The number of halogens is 2. The van der Waals surface area contributed by atoms with Crippen LogP contribution in [0.25, 0.3) is 0 Å². The summed E-state index contributed by atoms with van der Waals surface area (Å²) < 4.78 is 24.0.